The van der Waals surface area contributed by atoms with Gasteiger partial charge in [-0.15, -0.1) is 0 Å². The number of hydrogen-bond donors (Lipinski definition) is 1. The van der Waals surface area contributed by atoms with Gasteiger partial charge in [-0.2, -0.15) is 5.10 Å². The Morgan fingerprint density at radius 3 is 3.03 bits per heavy atom. The molecule has 2 aliphatic heterocycles. The standard InChI is InChI=1S/C22H23FN6O/c1-13-16-11-25-29-7-5-18(26-19(16)29)28-6-4-14-9-22(14,28)17-8-15(23)10-24-20(17)30-12-21(2,3)27-13/h5,7-8,10-11,14,27H,1,4,6,9,12H2,2-3H3/t14-,22+/m0/s1. The zero-order chi connectivity index (χ0) is 20.7. The van der Waals surface area contributed by atoms with Gasteiger partial charge in [0, 0.05) is 24.0 Å². The number of aromatic nitrogens is 4. The SMILES string of the molecule is C=C1NC(C)(C)COc2ncc(F)cc2[C@@]23C[C@@H]2CCN3c2ccn3ncc1c3n2. The largest absolute Gasteiger partial charge is 0.475 e. The molecule has 7 nitrogen and oxygen atoms in total. The number of rotatable bonds is 0. The number of pyridine rings is 1. The molecule has 1 spiro atoms. The number of nitrogens with one attached hydrogen (secondary N) is 1. The van der Waals surface area contributed by atoms with Crippen LogP contribution in [0.3, 0.4) is 0 Å². The molecule has 1 aliphatic carbocycles. The maximum Gasteiger partial charge on any atom is 0.219 e. The maximum absolute atomic E-state index is 14.3. The first kappa shape index (κ1) is 17.7. The molecule has 8 heteroatoms. The fourth-order valence-electron chi connectivity index (χ4n) is 5.10. The lowest BCUT2D eigenvalue weighted by Gasteiger charge is -2.31. The number of halogens is 1. The average molecular weight is 406 g/mol. The third-order valence-electron chi connectivity index (χ3n) is 6.55. The molecule has 5 heterocycles. The van der Waals surface area contributed by atoms with E-state index < -0.39 is 5.54 Å². The third kappa shape index (κ3) is 2.39. The molecule has 2 bridgehead atoms. The highest BCUT2D eigenvalue weighted by atomic mass is 19.1. The smallest absolute Gasteiger partial charge is 0.219 e. The van der Waals surface area contributed by atoms with E-state index >= 15 is 0 Å². The van der Waals surface area contributed by atoms with E-state index in [1.807, 2.05) is 26.1 Å². The quantitative estimate of drug-likeness (QED) is 0.619. The zero-order valence-electron chi connectivity index (χ0n) is 17.0. The number of anilines is 1. The molecule has 3 aromatic rings. The molecular formula is C22H23FN6O. The van der Waals surface area contributed by atoms with Crippen LogP contribution in [0.2, 0.25) is 0 Å². The second kappa shape index (κ2) is 5.71. The summed E-state index contributed by atoms with van der Waals surface area (Å²) in [6, 6.07) is 3.56. The Balaban J connectivity index is 1.59. The van der Waals surface area contributed by atoms with Crippen LogP contribution in [-0.4, -0.2) is 38.3 Å². The normalized spacial score (nSPS) is 26.6. The minimum atomic E-state index is -0.430. The van der Waals surface area contributed by atoms with E-state index in [0.717, 1.165) is 47.7 Å². The van der Waals surface area contributed by atoms with E-state index in [2.05, 4.69) is 26.9 Å². The summed E-state index contributed by atoms with van der Waals surface area (Å²) in [6.45, 7) is 9.50. The number of hydrogen-bond acceptors (Lipinski definition) is 6. The average Bonchev–Trinajstić information content (AvgIpc) is 3.09. The highest BCUT2D eigenvalue weighted by Crippen LogP contribution is 2.64. The first-order chi connectivity index (χ1) is 14.4. The van der Waals surface area contributed by atoms with E-state index in [-0.39, 0.29) is 11.4 Å². The van der Waals surface area contributed by atoms with Crippen molar-refractivity contribution in [3.8, 4) is 5.88 Å². The summed E-state index contributed by atoms with van der Waals surface area (Å²) < 4.78 is 22.2. The summed E-state index contributed by atoms with van der Waals surface area (Å²) >= 11 is 0. The van der Waals surface area contributed by atoms with Crippen molar-refractivity contribution in [3.05, 3.63) is 54.2 Å². The first-order valence-electron chi connectivity index (χ1n) is 10.3. The highest BCUT2D eigenvalue weighted by Gasteiger charge is 2.65. The van der Waals surface area contributed by atoms with Gasteiger partial charge in [-0.3, -0.25) is 0 Å². The molecule has 6 rings (SSSR count). The number of ether oxygens (including phenoxy) is 1. The van der Waals surface area contributed by atoms with Crippen LogP contribution in [0, 0.1) is 11.7 Å². The summed E-state index contributed by atoms with van der Waals surface area (Å²) in [7, 11) is 0. The van der Waals surface area contributed by atoms with Crippen molar-refractivity contribution in [2.75, 3.05) is 18.1 Å². The summed E-state index contributed by atoms with van der Waals surface area (Å²) in [5, 5.41) is 7.87. The Morgan fingerprint density at radius 1 is 1.33 bits per heavy atom. The second-order valence-electron chi connectivity index (χ2n) is 9.16. The van der Waals surface area contributed by atoms with Crippen LogP contribution < -0.4 is 15.0 Å². The van der Waals surface area contributed by atoms with Crippen molar-refractivity contribution >= 4 is 17.2 Å². The summed E-state index contributed by atoms with van der Waals surface area (Å²) in [5.74, 6) is 1.44. The van der Waals surface area contributed by atoms with Gasteiger partial charge in [0.25, 0.3) is 0 Å². The van der Waals surface area contributed by atoms with Crippen LogP contribution in [0.15, 0.2) is 37.3 Å². The first-order valence-corrected chi connectivity index (χ1v) is 10.3. The van der Waals surface area contributed by atoms with Gasteiger partial charge in [0.2, 0.25) is 5.88 Å². The minimum Gasteiger partial charge on any atom is -0.475 e. The van der Waals surface area contributed by atoms with Crippen molar-refractivity contribution in [3.63, 3.8) is 0 Å². The summed E-state index contributed by atoms with van der Waals surface area (Å²) in [6.07, 6.45) is 6.91. The van der Waals surface area contributed by atoms with Crippen LogP contribution in [0.4, 0.5) is 10.2 Å². The minimum absolute atomic E-state index is 0.321. The molecule has 0 aromatic carbocycles. The Labute approximate surface area is 173 Å². The number of fused-ring (bicyclic) bond motifs is 3. The van der Waals surface area contributed by atoms with Gasteiger partial charge in [0.1, 0.15) is 18.2 Å². The van der Waals surface area contributed by atoms with Crippen LogP contribution >= 0.6 is 0 Å². The van der Waals surface area contributed by atoms with Gasteiger partial charge in [0.05, 0.1) is 29.0 Å². The van der Waals surface area contributed by atoms with Crippen molar-refractivity contribution in [1.82, 2.24) is 24.9 Å². The van der Waals surface area contributed by atoms with Crippen molar-refractivity contribution in [2.45, 2.75) is 37.8 Å². The lowest BCUT2D eigenvalue weighted by atomic mass is 10.0. The zero-order valence-corrected chi connectivity index (χ0v) is 17.0. The van der Waals surface area contributed by atoms with Gasteiger partial charge in [-0.05, 0) is 44.7 Å². The molecule has 3 aromatic heterocycles. The molecule has 2 fully saturated rings. The molecular weight excluding hydrogens is 383 g/mol. The van der Waals surface area contributed by atoms with Gasteiger partial charge >= 0.3 is 0 Å². The number of piperidine rings is 1. The van der Waals surface area contributed by atoms with Crippen molar-refractivity contribution in [2.24, 2.45) is 5.92 Å². The van der Waals surface area contributed by atoms with Crippen LogP contribution in [0.5, 0.6) is 5.88 Å². The highest BCUT2D eigenvalue weighted by molar-refractivity contribution is 5.74. The molecule has 1 saturated carbocycles. The van der Waals surface area contributed by atoms with Gasteiger partial charge in [0.15, 0.2) is 5.65 Å². The third-order valence-corrected chi connectivity index (χ3v) is 6.55. The predicted molar refractivity (Wildman–Crippen MR) is 111 cm³/mol. The van der Waals surface area contributed by atoms with E-state index in [1.165, 1.54) is 6.20 Å². The van der Waals surface area contributed by atoms with E-state index in [0.29, 0.717) is 18.4 Å². The predicted octanol–water partition coefficient (Wildman–Crippen LogP) is 3.12. The van der Waals surface area contributed by atoms with Crippen molar-refractivity contribution in [1.29, 1.82) is 0 Å². The van der Waals surface area contributed by atoms with E-state index in [9.17, 15) is 4.39 Å². The fraction of sp³-hybridized carbons (Fsp3) is 0.409. The molecule has 30 heavy (non-hydrogen) atoms. The van der Waals surface area contributed by atoms with E-state index in [4.69, 9.17) is 9.72 Å². The molecule has 0 radical (unpaired) electrons. The van der Waals surface area contributed by atoms with Crippen LogP contribution in [0.1, 0.15) is 37.8 Å². The molecule has 3 aliphatic rings. The Bertz CT molecular complexity index is 1200. The molecule has 0 amide bonds. The maximum atomic E-state index is 14.3. The van der Waals surface area contributed by atoms with E-state index in [1.54, 1.807) is 16.8 Å². The van der Waals surface area contributed by atoms with Crippen molar-refractivity contribution < 1.29 is 9.13 Å². The lowest BCUT2D eigenvalue weighted by molar-refractivity contribution is 0.214. The molecule has 1 saturated heterocycles. The summed E-state index contributed by atoms with van der Waals surface area (Å²) in [5.41, 5.74) is 2.40. The van der Waals surface area contributed by atoms with Crippen LogP contribution in [-0.2, 0) is 5.54 Å². The molecule has 1 N–H and O–H groups in total. The Hall–Kier alpha value is -3.16. The monoisotopic (exact) mass is 406 g/mol. The Kier molecular flexibility index (Phi) is 3.36. The van der Waals surface area contributed by atoms with Gasteiger partial charge in [-0.1, -0.05) is 6.58 Å². The molecule has 2 atom stereocenters. The number of nitrogens with zero attached hydrogens (tertiary/aromatic N) is 5. The molecule has 154 valence electrons. The summed E-state index contributed by atoms with van der Waals surface area (Å²) in [4.78, 5) is 11.6. The fourth-order valence-corrected chi connectivity index (χ4v) is 5.10. The van der Waals surface area contributed by atoms with Crippen LogP contribution in [0.25, 0.3) is 11.3 Å². The second-order valence-corrected chi connectivity index (χ2v) is 9.16. The molecule has 0 unspecified atom stereocenters. The topological polar surface area (TPSA) is 67.6 Å². The Morgan fingerprint density at radius 2 is 2.20 bits per heavy atom. The van der Waals surface area contributed by atoms with Gasteiger partial charge in [-0.25, -0.2) is 18.9 Å². The van der Waals surface area contributed by atoms with Gasteiger partial charge < -0.3 is 15.0 Å². The lowest BCUT2D eigenvalue weighted by Crippen LogP contribution is -2.43.